The summed E-state index contributed by atoms with van der Waals surface area (Å²) in [6, 6.07) is 0. The van der Waals surface area contributed by atoms with E-state index in [0.29, 0.717) is 22.0 Å². The van der Waals surface area contributed by atoms with Crippen LogP contribution in [0.3, 0.4) is 0 Å². The molecule has 0 bridgehead atoms. The van der Waals surface area contributed by atoms with Gasteiger partial charge in [-0.2, -0.15) is 0 Å². The van der Waals surface area contributed by atoms with E-state index in [2.05, 4.69) is 17.1 Å². The molecular formula is C15H23N3O2S. The van der Waals surface area contributed by atoms with Gasteiger partial charge in [0.25, 0.3) is 5.91 Å². The molecule has 1 aliphatic rings. The van der Waals surface area contributed by atoms with Crippen LogP contribution in [0.4, 0.5) is 10.7 Å². The van der Waals surface area contributed by atoms with Gasteiger partial charge in [0.1, 0.15) is 5.00 Å². The first-order valence-corrected chi connectivity index (χ1v) is 8.11. The normalized spacial score (nSPS) is 18.3. The quantitative estimate of drug-likeness (QED) is 0.837. The highest BCUT2D eigenvalue weighted by Gasteiger charge is 2.31. The maximum Gasteiger partial charge on any atom is 0.256 e. The number of nitrogens with two attached hydrogens (primary N) is 1. The summed E-state index contributed by atoms with van der Waals surface area (Å²) in [5.74, 6) is 0.242. The van der Waals surface area contributed by atoms with E-state index in [9.17, 15) is 9.59 Å². The van der Waals surface area contributed by atoms with Gasteiger partial charge in [-0.05, 0) is 12.3 Å². The van der Waals surface area contributed by atoms with Crippen molar-refractivity contribution in [1.29, 1.82) is 0 Å². The van der Waals surface area contributed by atoms with Crippen molar-refractivity contribution in [1.82, 2.24) is 5.32 Å². The van der Waals surface area contributed by atoms with Crippen LogP contribution in [-0.4, -0.2) is 31.8 Å². The van der Waals surface area contributed by atoms with Crippen molar-refractivity contribution in [2.24, 2.45) is 11.8 Å². The highest BCUT2D eigenvalue weighted by Crippen LogP contribution is 2.41. The molecule has 21 heavy (non-hydrogen) atoms. The minimum atomic E-state index is -0.221. The summed E-state index contributed by atoms with van der Waals surface area (Å²) >= 11 is 1.36. The summed E-state index contributed by atoms with van der Waals surface area (Å²) in [5.41, 5.74) is 6.91. The number of carbonyl (C=O) groups is 2. The Hall–Kier alpha value is -1.56. The van der Waals surface area contributed by atoms with Crippen LogP contribution in [0.5, 0.6) is 0 Å². The number of nitrogens with one attached hydrogen (secondary N) is 1. The van der Waals surface area contributed by atoms with E-state index in [1.807, 2.05) is 13.8 Å². The van der Waals surface area contributed by atoms with Gasteiger partial charge < -0.3 is 16.0 Å². The number of hydrogen-bond acceptors (Lipinski definition) is 5. The van der Waals surface area contributed by atoms with Crippen LogP contribution in [0.15, 0.2) is 0 Å². The lowest BCUT2D eigenvalue weighted by Gasteiger charge is -2.17. The second kappa shape index (κ2) is 6.05. The fourth-order valence-electron chi connectivity index (χ4n) is 2.56. The highest BCUT2D eigenvalue weighted by molar-refractivity contribution is 7.19. The van der Waals surface area contributed by atoms with Crippen LogP contribution < -0.4 is 16.0 Å². The van der Waals surface area contributed by atoms with Gasteiger partial charge in [0.05, 0.1) is 16.1 Å². The molecule has 0 radical (unpaired) electrons. The number of nitrogens with zero attached hydrogens (tertiary/aromatic N) is 1. The zero-order chi connectivity index (χ0) is 15.7. The predicted molar refractivity (Wildman–Crippen MR) is 87.3 cm³/mol. The summed E-state index contributed by atoms with van der Waals surface area (Å²) in [7, 11) is 1.58. The molecule has 1 atom stereocenters. The Kier molecular flexibility index (Phi) is 4.56. The van der Waals surface area contributed by atoms with Crippen LogP contribution in [0, 0.1) is 11.8 Å². The fraction of sp³-hybridized carbons (Fsp3) is 0.600. The van der Waals surface area contributed by atoms with Crippen molar-refractivity contribution < 1.29 is 9.59 Å². The van der Waals surface area contributed by atoms with Gasteiger partial charge in [-0.1, -0.05) is 20.8 Å². The van der Waals surface area contributed by atoms with Gasteiger partial charge in [-0.15, -0.1) is 11.3 Å². The van der Waals surface area contributed by atoms with Crippen molar-refractivity contribution in [3.8, 4) is 0 Å². The number of thiophene rings is 1. The van der Waals surface area contributed by atoms with Gasteiger partial charge in [0.15, 0.2) is 5.78 Å². The lowest BCUT2D eigenvalue weighted by molar-refractivity contribution is 0.0944. The van der Waals surface area contributed by atoms with Crippen LogP contribution in [-0.2, 0) is 0 Å². The van der Waals surface area contributed by atoms with Crippen LogP contribution in [0.1, 0.15) is 47.2 Å². The SMILES string of the molecule is CNC(=O)c1c(N2CCC(C)C2)sc(C(=O)C(C)C)c1N. The van der Waals surface area contributed by atoms with Gasteiger partial charge >= 0.3 is 0 Å². The van der Waals surface area contributed by atoms with Crippen molar-refractivity contribution in [2.75, 3.05) is 30.8 Å². The third kappa shape index (κ3) is 2.90. The molecule has 0 aromatic carbocycles. The van der Waals surface area contributed by atoms with E-state index < -0.39 is 0 Å². The molecule has 116 valence electrons. The van der Waals surface area contributed by atoms with E-state index >= 15 is 0 Å². The van der Waals surface area contributed by atoms with Crippen molar-refractivity contribution in [3.05, 3.63) is 10.4 Å². The zero-order valence-electron chi connectivity index (χ0n) is 13.0. The molecule has 1 aromatic heterocycles. The smallest absolute Gasteiger partial charge is 0.256 e. The van der Waals surface area contributed by atoms with Gasteiger partial charge in [0.2, 0.25) is 0 Å². The van der Waals surface area contributed by atoms with Crippen molar-refractivity contribution in [2.45, 2.75) is 27.2 Å². The molecule has 1 amide bonds. The zero-order valence-corrected chi connectivity index (χ0v) is 13.8. The number of amides is 1. The van der Waals surface area contributed by atoms with E-state index in [0.717, 1.165) is 24.5 Å². The van der Waals surface area contributed by atoms with E-state index in [1.54, 1.807) is 7.05 Å². The Labute approximate surface area is 129 Å². The van der Waals surface area contributed by atoms with Crippen molar-refractivity contribution in [3.63, 3.8) is 0 Å². The maximum atomic E-state index is 12.3. The Bertz CT molecular complexity index is 566. The molecular weight excluding hydrogens is 286 g/mol. The molecule has 0 spiro atoms. The highest BCUT2D eigenvalue weighted by atomic mass is 32.1. The second-order valence-corrected chi connectivity index (χ2v) is 6.96. The number of carbonyl (C=O) groups excluding carboxylic acids is 2. The summed E-state index contributed by atoms with van der Waals surface area (Å²) in [5, 5.41) is 3.46. The van der Waals surface area contributed by atoms with E-state index in [4.69, 9.17) is 5.73 Å². The predicted octanol–water partition coefficient (Wildman–Crippen LogP) is 2.37. The Morgan fingerprint density at radius 1 is 1.43 bits per heavy atom. The third-order valence-electron chi connectivity index (χ3n) is 3.84. The van der Waals surface area contributed by atoms with Crippen LogP contribution >= 0.6 is 11.3 Å². The summed E-state index contributed by atoms with van der Waals surface area (Å²) in [4.78, 5) is 27.2. The second-order valence-electron chi connectivity index (χ2n) is 5.96. The number of rotatable bonds is 4. The van der Waals surface area contributed by atoms with Crippen molar-refractivity contribution >= 4 is 33.7 Å². The number of anilines is 2. The lowest BCUT2D eigenvalue weighted by atomic mass is 10.1. The molecule has 2 heterocycles. The summed E-state index contributed by atoms with van der Waals surface area (Å²) in [6.07, 6.45) is 1.10. The van der Waals surface area contributed by atoms with E-state index in [1.165, 1.54) is 11.3 Å². The largest absolute Gasteiger partial charge is 0.397 e. The molecule has 0 saturated carbocycles. The Morgan fingerprint density at radius 2 is 2.10 bits per heavy atom. The molecule has 5 nitrogen and oxygen atoms in total. The fourth-order valence-corrected chi connectivity index (χ4v) is 3.90. The van der Waals surface area contributed by atoms with Crippen LogP contribution in [0.25, 0.3) is 0 Å². The lowest BCUT2D eigenvalue weighted by Crippen LogP contribution is -2.24. The third-order valence-corrected chi connectivity index (χ3v) is 5.12. The monoisotopic (exact) mass is 309 g/mol. The average molecular weight is 309 g/mol. The average Bonchev–Trinajstić information content (AvgIpc) is 3.00. The van der Waals surface area contributed by atoms with Crippen LogP contribution in [0.2, 0.25) is 0 Å². The molecule has 2 rings (SSSR count). The first kappa shape index (κ1) is 15.8. The standard InChI is InChI=1S/C15H23N3O2S/c1-8(2)12(19)13-11(16)10(14(20)17-4)15(21-13)18-6-5-9(3)7-18/h8-9H,5-7,16H2,1-4H3,(H,17,20). The van der Waals surface area contributed by atoms with Gasteiger partial charge in [-0.25, -0.2) is 0 Å². The first-order valence-electron chi connectivity index (χ1n) is 7.30. The molecule has 1 fully saturated rings. The Morgan fingerprint density at radius 3 is 2.57 bits per heavy atom. The molecule has 1 saturated heterocycles. The number of Topliss-reactive ketones (excluding diaryl/α,β-unsaturated/α-hetero) is 1. The van der Waals surface area contributed by atoms with Gasteiger partial charge in [-0.3, -0.25) is 9.59 Å². The molecule has 1 aromatic rings. The number of hydrogen-bond donors (Lipinski definition) is 2. The molecule has 0 aliphatic carbocycles. The number of nitrogen functional groups attached to an aromatic ring is 1. The first-order chi connectivity index (χ1) is 9.86. The minimum Gasteiger partial charge on any atom is -0.397 e. The topological polar surface area (TPSA) is 75.4 Å². The summed E-state index contributed by atoms with van der Waals surface area (Å²) in [6.45, 7) is 7.69. The minimum absolute atomic E-state index is 0.00106. The molecule has 6 heteroatoms. The summed E-state index contributed by atoms with van der Waals surface area (Å²) < 4.78 is 0. The number of ketones is 1. The maximum absolute atomic E-state index is 12.3. The van der Waals surface area contributed by atoms with E-state index in [-0.39, 0.29) is 17.6 Å². The Balaban J connectivity index is 2.50. The molecule has 1 aliphatic heterocycles. The molecule has 3 N–H and O–H groups in total. The van der Waals surface area contributed by atoms with Gasteiger partial charge in [0, 0.05) is 26.1 Å². The molecule has 1 unspecified atom stereocenters.